The van der Waals surface area contributed by atoms with E-state index in [2.05, 4.69) is 143 Å². The summed E-state index contributed by atoms with van der Waals surface area (Å²) in [5.41, 5.74) is 8.23. The van der Waals surface area contributed by atoms with Crippen LogP contribution in [0.4, 0.5) is 0 Å². The normalized spacial score (nSPS) is 14.7. The van der Waals surface area contributed by atoms with E-state index in [0.717, 1.165) is 61.2 Å². The van der Waals surface area contributed by atoms with Gasteiger partial charge in [0.1, 0.15) is 23.2 Å². The molecule has 1 atom stereocenters. The van der Waals surface area contributed by atoms with Crippen molar-refractivity contribution in [3.05, 3.63) is 187 Å². The van der Waals surface area contributed by atoms with Crippen LogP contribution in [-0.2, 0) is 0 Å². The summed E-state index contributed by atoms with van der Waals surface area (Å²) in [6, 6.07) is 59.7. The van der Waals surface area contributed by atoms with Crippen molar-refractivity contribution < 1.29 is 4.42 Å². The molecule has 0 saturated carbocycles. The summed E-state index contributed by atoms with van der Waals surface area (Å²) in [6.45, 7) is 0. The van der Waals surface area contributed by atoms with Crippen molar-refractivity contribution in [2.24, 2.45) is 9.98 Å². The highest BCUT2D eigenvalue weighted by Crippen LogP contribution is 2.42. The summed E-state index contributed by atoms with van der Waals surface area (Å²) in [6.07, 6.45) is -0.252. The van der Waals surface area contributed by atoms with Crippen LogP contribution >= 0.6 is 0 Å². The molecule has 0 spiro atoms. The van der Waals surface area contributed by atoms with Gasteiger partial charge >= 0.3 is 0 Å². The largest absolute Gasteiger partial charge is 0.456 e. The second-order valence-electron chi connectivity index (χ2n) is 13.4. The van der Waals surface area contributed by atoms with Crippen LogP contribution in [0.1, 0.15) is 22.9 Å². The van der Waals surface area contributed by atoms with Crippen LogP contribution in [0, 0.1) is 0 Å². The molecule has 8 aromatic carbocycles. The van der Waals surface area contributed by atoms with Gasteiger partial charge in [-0.15, -0.1) is 0 Å². The van der Waals surface area contributed by atoms with Crippen molar-refractivity contribution in [2.75, 3.05) is 0 Å². The van der Waals surface area contributed by atoms with Gasteiger partial charge in [0.05, 0.1) is 11.0 Å². The number of aliphatic imine (C=N–C) groups is 2. The maximum atomic E-state index is 6.57. The second kappa shape index (κ2) is 11.3. The first-order valence-corrected chi connectivity index (χ1v) is 17.6. The number of fused-ring (bicyclic) bond motifs is 10. The van der Waals surface area contributed by atoms with Gasteiger partial charge in [0.25, 0.3) is 0 Å². The van der Waals surface area contributed by atoms with Gasteiger partial charge < -0.3 is 14.3 Å². The summed E-state index contributed by atoms with van der Waals surface area (Å²) in [5, 5.41) is 13.1. The van der Waals surface area contributed by atoms with E-state index in [4.69, 9.17) is 14.4 Å². The van der Waals surface area contributed by atoms with E-state index in [0.29, 0.717) is 5.84 Å². The van der Waals surface area contributed by atoms with Gasteiger partial charge in [-0.05, 0) is 75.6 Å². The molecule has 0 radical (unpaired) electrons. The van der Waals surface area contributed by atoms with E-state index in [-0.39, 0.29) is 6.17 Å². The monoisotopic (exact) mass is 666 g/mol. The van der Waals surface area contributed by atoms with E-state index in [1.165, 1.54) is 32.3 Å². The minimum Gasteiger partial charge on any atom is -0.456 e. The molecule has 0 fully saturated rings. The molecule has 52 heavy (non-hydrogen) atoms. The fourth-order valence-electron chi connectivity index (χ4n) is 7.99. The zero-order chi connectivity index (χ0) is 34.2. The minimum absolute atomic E-state index is 0.252. The standard InChI is InChI=1S/C47H30N4O/c1-3-13-31(14-4-1)45-48-46(32-15-5-2-6-16-32)50-47(49-45)33-19-23-34(24-20-33)51-39-25-21-29-11-7-9-17-35(29)43(39)37-28-42-38(27-40(37)51)44-36-18-10-8-12-30(36)22-26-41(44)52-42/h1-28,45H,(H,48,49,50). The van der Waals surface area contributed by atoms with Crippen molar-refractivity contribution in [1.82, 2.24) is 9.88 Å². The Morgan fingerprint density at radius 3 is 1.94 bits per heavy atom. The molecule has 1 N–H and O–H groups in total. The highest BCUT2D eigenvalue weighted by Gasteiger charge is 2.22. The lowest BCUT2D eigenvalue weighted by Crippen LogP contribution is -2.33. The summed E-state index contributed by atoms with van der Waals surface area (Å²) in [5.74, 6) is 1.51. The highest BCUT2D eigenvalue weighted by atomic mass is 16.3. The lowest BCUT2D eigenvalue weighted by molar-refractivity contribution is 0.670. The first-order valence-electron chi connectivity index (χ1n) is 17.6. The van der Waals surface area contributed by atoms with Gasteiger partial charge in [0.15, 0.2) is 5.84 Å². The third kappa shape index (κ3) is 4.42. The topological polar surface area (TPSA) is 54.8 Å². The SMILES string of the molecule is c1ccc(C2=NC(c3ccccc3)NC(c3ccc(-n4c5cc6c(cc5c5c7ccccc7ccc54)oc4ccc5ccccc5c46)cc3)=N2)cc1. The highest BCUT2D eigenvalue weighted by molar-refractivity contribution is 6.26. The fraction of sp³-hybridized carbons (Fsp3) is 0.0213. The number of hydrogen-bond acceptors (Lipinski definition) is 4. The number of rotatable bonds is 4. The lowest BCUT2D eigenvalue weighted by atomic mass is 10.0. The molecule has 1 aliphatic rings. The number of hydrogen-bond donors (Lipinski definition) is 1. The first kappa shape index (κ1) is 28.8. The zero-order valence-electron chi connectivity index (χ0n) is 28.0. The Labute approximate surface area is 298 Å². The quantitative estimate of drug-likeness (QED) is 0.203. The van der Waals surface area contributed by atoms with Crippen LogP contribution < -0.4 is 5.32 Å². The number of nitrogens with one attached hydrogen (secondary N) is 1. The average molecular weight is 667 g/mol. The third-order valence-corrected chi connectivity index (χ3v) is 10.4. The molecule has 0 bridgehead atoms. The number of nitrogens with zero attached hydrogens (tertiary/aromatic N) is 3. The average Bonchev–Trinajstić information content (AvgIpc) is 3.75. The predicted molar refractivity (Wildman–Crippen MR) is 215 cm³/mol. The van der Waals surface area contributed by atoms with Crippen molar-refractivity contribution in [3.63, 3.8) is 0 Å². The molecule has 1 aliphatic heterocycles. The van der Waals surface area contributed by atoms with Gasteiger partial charge in [-0.2, -0.15) is 0 Å². The van der Waals surface area contributed by atoms with E-state index in [1.807, 2.05) is 36.4 Å². The van der Waals surface area contributed by atoms with Crippen molar-refractivity contribution >= 4 is 77.0 Å². The third-order valence-electron chi connectivity index (χ3n) is 10.4. The summed E-state index contributed by atoms with van der Waals surface area (Å²) < 4.78 is 8.96. The van der Waals surface area contributed by atoms with Crippen LogP contribution in [0.25, 0.3) is 71.0 Å². The van der Waals surface area contributed by atoms with Gasteiger partial charge in [-0.3, -0.25) is 0 Å². The van der Waals surface area contributed by atoms with Gasteiger partial charge in [-0.25, -0.2) is 9.98 Å². The van der Waals surface area contributed by atoms with E-state index in [9.17, 15) is 0 Å². The van der Waals surface area contributed by atoms with Crippen LogP contribution in [0.3, 0.4) is 0 Å². The summed E-state index contributed by atoms with van der Waals surface area (Å²) in [7, 11) is 0. The molecule has 0 amide bonds. The van der Waals surface area contributed by atoms with E-state index < -0.39 is 0 Å². The molecule has 11 rings (SSSR count). The van der Waals surface area contributed by atoms with E-state index >= 15 is 0 Å². The zero-order valence-corrected chi connectivity index (χ0v) is 28.0. The lowest BCUT2D eigenvalue weighted by Gasteiger charge is -2.23. The maximum Gasteiger partial charge on any atom is 0.159 e. The van der Waals surface area contributed by atoms with Crippen molar-refractivity contribution in [1.29, 1.82) is 0 Å². The Bertz CT molecular complexity index is 3080. The van der Waals surface area contributed by atoms with Gasteiger partial charge in [-0.1, -0.05) is 121 Å². The number of aromatic nitrogens is 1. The molecule has 10 aromatic rings. The Morgan fingerprint density at radius 1 is 0.500 bits per heavy atom. The molecule has 0 saturated heterocycles. The molecule has 3 heterocycles. The maximum absolute atomic E-state index is 6.57. The Hall–Kier alpha value is -6.98. The Morgan fingerprint density at radius 2 is 1.17 bits per heavy atom. The summed E-state index contributed by atoms with van der Waals surface area (Å²) >= 11 is 0. The fourth-order valence-corrected chi connectivity index (χ4v) is 7.99. The van der Waals surface area contributed by atoms with Gasteiger partial charge in [0.2, 0.25) is 0 Å². The van der Waals surface area contributed by atoms with Crippen LogP contribution in [0.2, 0.25) is 0 Å². The first-order chi connectivity index (χ1) is 25.8. The molecule has 5 heteroatoms. The number of amidine groups is 2. The van der Waals surface area contributed by atoms with Crippen LogP contribution in [0.15, 0.2) is 184 Å². The van der Waals surface area contributed by atoms with Crippen LogP contribution in [0.5, 0.6) is 0 Å². The molecular formula is C47H30N4O. The number of benzene rings is 8. The number of furan rings is 1. The van der Waals surface area contributed by atoms with Gasteiger partial charge in [0, 0.05) is 38.4 Å². The molecular weight excluding hydrogens is 637 g/mol. The minimum atomic E-state index is -0.252. The smallest absolute Gasteiger partial charge is 0.159 e. The molecule has 244 valence electrons. The van der Waals surface area contributed by atoms with E-state index in [1.54, 1.807) is 0 Å². The molecule has 5 nitrogen and oxygen atoms in total. The van der Waals surface area contributed by atoms with Crippen LogP contribution in [-0.4, -0.2) is 16.2 Å². The Kier molecular flexibility index (Phi) is 6.25. The Balaban J connectivity index is 1.11. The second-order valence-corrected chi connectivity index (χ2v) is 13.4. The van der Waals surface area contributed by atoms with Crippen molar-refractivity contribution in [3.8, 4) is 5.69 Å². The van der Waals surface area contributed by atoms with Crippen molar-refractivity contribution in [2.45, 2.75) is 6.17 Å². The predicted octanol–water partition coefficient (Wildman–Crippen LogP) is 11.5. The molecule has 0 aliphatic carbocycles. The molecule has 2 aromatic heterocycles. The molecule has 1 unspecified atom stereocenters. The summed E-state index contributed by atoms with van der Waals surface area (Å²) in [4.78, 5) is 10.1.